The van der Waals surface area contributed by atoms with Crippen LogP contribution in [-0.4, -0.2) is 43.1 Å². The van der Waals surface area contributed by atoms with Gasteiger partial charge in [0.15, 0.2) is 28.8 Å². The van der Waals surface area contributed by atoms with E-state index < -0.39 is 0 Å². The fourth-order valence-electron chi connectivity index (χ4n) is 4.51. The Morgan fingerprint density at radius 3 is 2.22 bits per heavy atom. The zero-order valence-corrected chi connectivity index (χ0v) is 17.9. The second-order valence-electron chi connectivity index (χ2n) is 7.80. The normalized spacial score (nSPS) is 13.4. The molecule has 2 aromatic carbocycles. The molecule has 32 heavy (non-hydrogen) atoms. The number of aliphatic hydroxyl groups is 1. The van der Waals surface area contributed by atoms with Crippen molar-refractivity contribution in [3.8, 4) is 34.3 Å². The van der Waals surface area contributed by atoms with E-state index in [-0.39, 0.29) is 24.7 Å². The van der Waals surface area contributed by atoms with Crippen LogP contribution < -0.4 is 24.5 Å². The number of hydrogen-bond donors (Lipinski definition) is 1. The highest BCUT2D eigenvalue weighted by Gasteiger charge is 2.35. The zero-order valence-electron chi connectivity index (χ0n) is 17.9. The van der Waals surface area contributed by atoms with E-state index in [2.05, 4.69) is 0 Å². The molecule has 0 amide bonds. The number of methoxy groups -OCH3 is 2. The number of rotatable bonds is 7. The zero-order chi connectivity index (χ0) is 22.4. The molecule has 0 saturated carbocycles. The van der Waals surface area contributed by atoms with Crippen LogP contribution in [0.1, 0.15) is 35.2 Å². The second-order valence-corrected chi connectivity index (χ2v) is 7.80. The van der Waals surface area contributed by atoms with Gasteiger partial charge in [-0.2, -0.15) is 0 Å². The van der Waals surface area contributed by atoms with Crippen molar-refractivity contribution in [3.05, 3.63) is 45.7 Å². The summed E-state index contributed by atoms with van der Waals surface area (Å²) in [6.07, 6.45) is 2.12. The van der Waals surface area contributed by atoms with E-state index >= 15 is 0 Å². The van der Waals surface area contributed by atoms with Gasteiger partial charge in [0.1, 0.15) is 0 Å². The lowest BCUT2D eigenvalue weighted by atomic mass is 10.0. The van der Waals surface area contributed by atoms with Crippen molar-refractivity contribution in [2.24, 2.45) is 0 Å². The number of unbranched alkanes of at least 4 members (excludes halogenated alkanes) is 2. The maximum Gasteiger partial charge on any atom is 0.259 e. The molecule has 166 valence electrons. The molecule has 8 nitrogen and oxygen atoms in total. The first-order chi connectivity index (χ1) is 15.6. The molecule has 8 heteroatoms. The van der Waals surface area contributed by atoms with Crippen molar-refractivity contribution in [1.29, 1.82) is 0 Å². The number of benzene rings is 2. The van der Waals surface area contributed by atoms with Crippen molar-refractivity contribution >= 4 is 16.6 Å². The number of ether oxygens (including phenoxy) is 4. The largest absolute Gasteiger partial charge is 0.493 e. The monoisotopic (exact) mass is 437 g/mol. The molecule has 0 radical (unpaired) electrons. The highest BCUT2D eigenvalue weighted by atomic mass is 16.7. The number of carbonyl (C=O) groups is 1. The van der Waals surface area contributed by atoms with Gasteiger partial charge in [-0.25, -0.2) is 0 Å². The van der Waals surface area contributed by atoms with Crippen LogP contribution in [0, 0.1) is 0 Å². The molecule has 2 heterocycles. The molecule has 1 aliphatic carbocycles. The third kappa shape index (κ3) is 2.94. The minimum Gasteiger partial charge on any atom is -0.493 e. The van der Waals surface area contributed by atoms with Gasteiger partial charge in [-0.15, -0.1) is 0 Å². The summed E-state index contributed by atoms with van der Waals surface area (Å²) in [7, 11) is 3.02. The van der Waals surface area contributed by atoms with E-state index in [0.717, 1.165) is 6.42 Å². The van der Waals surface area contributed by atoms with Gasteiger partial charge in [-0.05, 0) is 43.5 Å². The Kier molecular flexibility index (Phi) is 5.01. The Labute approximate surface area is 183 Å². The van der Waals surface area contributed by atoms with Crippen LogP contribution in [0.15, 0.2) is 29.1 Å². The molecule has 1 N–H and O–H groups in total. The van der Waals surface area contributed by atoms with E-state index in [1.807, 2.05) is 0 Å². The van der Waals surface area contributed by atoms with Gasteiger partial charge in [0.05, 0.1) is 30.9 Å². The molecule has 5 rings (SSSR count). The third-order valence-corrected chi connectivity index (χ3v) is 6.05. The first-order valence-electron chi connectivity index (χ1n) is 10.5. The standard InChI is InChI=1S/C24H23NO7/c1-29-17-8-13-16(11-18(17)30-2)24(28)25(6-4-3-5-7-26)22-14-9-19-20(32-12-31-19)10-15(14)23(27)21(13)22/h8-11,26H,3-7,12H2,1-2H3. The van der Waals surface area contributed by atoms with Gasteiger partial charge in [0.2, 0.25) is 6.79 Å². The molecular formula is C24H23NO7. The van der Waals surface area contributed by atoms with Gasteiger partial charge in [0.25, 0.3) is 5.56 Å². The SMILES string of the molecule is COc1cc2c3c(n(CCCCCO)c(=O)c2cc1OC)-c1cc2c(cc1C3=O)OCO2. The van der Waals surface area contributed by atoms with Crippen LogP contribution in [0.2, 0.25) is 0 Å². The molecule has 3 aromatic rings. The summed E-state index contributed by atoms with van der Waals surface area (Å²) in [4.78, 5) is 27.2. The maximum absolute atomic E-state index is 13.6. The topological polar surface area (TPSA) is 96.2 Å². The fraction of sp³-hybridized carbons (Fsp3) is 0.333. The first-order valence-corrected chi connectivity index (χ1v) is 10.5. The van der Waals surface area contributed by atoms with Gasteiger partial charge in [0, 0.05) is 29.7 Å². The molecule has 1 aromatic heterocycles. The van der Waals surface area contributed by atoms with E-state index in [9.17, 15) is 9.59 Å². The van der Waals surface area contributed by atoms with Crippen LogP contribution in [0.25, 0.3) is 22.0 Å². The van der Waals surface area contributed by atoms with Crippen LogP contribution in [-0.2, 0) is 6.54 Å². The van der Waals surface area contributed by atoms with Crippen LogP contribution in [0.3, 0.4) is 0 Å². The molecule has 0 atom stereocenters. The van der Waals surface area contributed by atoms with E-state index in [4.69, 9.17) is 24.1 Å². The fourth-order valence-corrected chi connectivity index (χ4v) is 4.51. The van der Waals surface area contributed by atoms with Crippen LogP contribution >= 0.6 is 0 Å². The summed E-state index contributed by atoms with van der Waals surface area (Å²) in [6, 6.07) is 6.78. The van der Waals surface area contributed by atoms with Crippen molar-refractivity contribution in [3.63, 3.8) is 0 Å². The molecule has 2 aliphatic rings. The molecule has 0 saturated heterocycles. The minimum absolute atomic E-state index is 0.0992. The summed E-state index contributed by atoms with van der Waals surface area (Å²) in [5.41, 5.74) is 1.97. The number of hydrogen-bond acceptors (Lipinski definition) is 7. The lowest BCUT2D eigenvalue weighted by Gasteiger charge is -2.17. The van der Waals surface area contributed by atoms with Gasteiger partial charge in [-0.3, -0.25) is 9.59 Å². The van der Waals surface area contributed by atoms with Crippen molar-refractivity contribution in [2.75, 3.05) is 27.6 Å². The van der Waals surface area contributed by atoms with Crippen LogP contribution in [0.4, 0.5) is 0 Å². The maximum atomic E-state index is 13.6. The number of nitrogens with zero attached hydrogens (tertiary/aromatic N) is 1. The number of ketones is 1. The summed E-state index contributed by atoms with van der Waals surface area (Å²) >= 11 is 0. The van der Waals surface area contributed by atoms with Crippen molar-refractivity contribution in [2.45, 2.75) is 25.8 Å². The Morgan fingerprint density at radius 1 is 0.906 bits per heavy atom. The number of aromatic nitrogens is 1. The highest BCUT2D eigenvalue weighted by Crippen LogP contribution is 2.46. The number of aliphatic hydroxyl groups excluding tert-OH is 1. The van der Waals surface area contributed by atoms with E-state index in [0.29, 0.717) is 75.5 Å². The number of fused-ring (bicyclic) bond motifs is 6. The third-order valence-electron chi connectivity index (χ3n) is 6.05. The number of pyridine rings is 1. The number of carbonyl (C=O) groups excluding carboxylic acids is 1. The van der Waals surface area contributed by atoms with Crippen LogP contribution in [0.5, 0.6) is 23.0 Å². The highest BCUT2D eigenvalue weighted by molar-refractivity contribution is 6.27. The molecule has 0 unspecified atom stereocenters. The Bertz CT molecular complexity index is 1310. The van der Waals surface area contributed by atoms with Gasteiger partial charge in [-0.1, -0.05) is 0 Å². The second kappa shape index (κ2) is 7.87. The molecule has 1 aliphatic heterocycles. The molecule has 0 bridgehead atoms. The summed E-state index contributed by atoms with van der Waals surface area (Å²) in [5, 5.41) is 10.0. The average Bonchev–Trinajstić information content (AvgIpc) is 3.38. The van der Waals surface area contributed by atoms with Gasteiger partial charge >= 0.3 is 0 Å². The van der Waals surface area contributed by atoms with E-state index in [1.54, 1.807) is 28.8 Å². The predicted octanol–water partition coefficient (Wildman–Crippen LogP) is 3.12. The quantitative estimate of drug-likeness (QED) is 0.444. The lowest BCUT2D eigenvalue weighted by molar-refractivity contribution is 0.104. The van der Waals surface area contributed by atoms with Crippen molar-refractivity contribution < 1.29 is 28.8 Å². The van der Waals surface area contributed by atoms with Gasteiger partial charge < -0.3 is 28.6 Å². The molecule has 0 fully saturated rings. The van der Waals surface area contributed by atoms with Crippen molar-refractivity contribution in [1.82, 2.24) is 4.57 Å². The molecular weight excluding hydrogens is 414 g/mol. The Morgan fingerprint density at radius 2 is 1.56 bits per heavy atom. The minimum atomic E-state index is -0.206. The Hall–Kier alpha value is -3.52. The smallest absolute Gasteiger partial charge is 0.259 e. The Balaban J connectivity index is 1.80. The summed E-state index contributed by atoms with van der Waals surface area (Å²) < 4.78 is 23.5. The lowest BCUT2D eigenvalue weighted by Crippen LogP contribution is -2.23. The predicted molar refractivity (Wildman–Crippen MR) is 117 cm³/mol. The molecule has 0 spiro atoms. The summed E-state index contributed by atoms with van der Waals surface area (Å²) in [6.45, 7) is 0.626. The van der Waals surface area contributed by atoms with E-state index in [1.165, 1.54) is 14.2 Å². The first kappa shape index (κ1) is 20.4. The average molecular weight is 437 g/mol. The summed E-state index contributed by atoms with van der Waals surface area (Å²) in [5.74, 6) is 1.77.